The Morgan fingerprint density at radius 1 is 1.24 bits per heavy atom. The Morgan fingerprint density at radius 2 is 2.10 bits per heavy atom. The van der Waals surface area contributed by atoms with Crippen molar-refractivity contribution in [3.8, 4) is 11.5 Å². The predicted molar refractivity (Wildman–Crippen MR) is 79.0 cm³/mol. The number of nitrogens with zero attached hydrogens (tertiary/aromatic N) is 3. The van der Waals surface area contributed by atoms with Crippen LogP contribution in [0.25, 0.3) is 0 Å². The number of nitrogens with one attached hydrogen (secondary N) is 2. The summed E-state index contributed by atoms with van der Waals surface area (Å²) in [5.41, 5.74) is 0.856. The van der Waals surface area contributed by atoms with Crippen LogP contribution in [0, 0.1) is 5.92 Å². The van der Waals surface area contributed by atoms with Crippen LogP contribution in [0.1, 0.15) is 13.8 Å². The van der Waals surface area contributed by atoms with Gasteiger partial charge in [0.2, 0.25) is 12.7 Å². The predicted octanol–water partition coefficient (Wildman–Crippen LogP) is 2.41. The number of hydrogen-bond donors (Lipinski definition) is 2. The summed E-state index contributed by atoms with van der Waals surface area (Å²) in [4.78, 5) is 4.37. The van der Waals surface area contributed by atoms with Crippen LogP contribution in [0.3, 0.4) is 0 Å². The Kier molecular flexibility index (Phi) is 3.72. The zero-order valence-corrected chi connectivity index (χ0v) is 12.0. The fourth-order valence-electron chi connectivity index (χ4n) is 1.86. The summed E-state index contributed by atoms with van der Waals surface area (Å²) >= 11 is 0. The van der Waals surface area contributed by atoms with Crippen molar-refractivity contribution in [3.05, 3.63) is 24.4 Å². The minimum Gasteiger partial charge on any atom is -0.454 e. The normalized spacial score (nSPS) is 12.5. The molecule has 1 aromatic heterocycles. The molecule has 0 saturated heterocycles. The van der Waals surface area contributed by atoms with E-state index in [1.54, 1.807) is 6.20 Å². The molecule has 2 aromatic rings. The van der Waals surface area contributed by atoms with Crippen molar-refractivity contribution in [3.63, 3.8) is 0 Å². The Labute approximate surface area is 122 Å². The highest BCUT2D eigenvalue weighted by Gasteiger charge is 2.13. The van der Waals surface area contributed by atoms with Gasteiger partial charge >= 0.3 is 0 Å². The number of hydrogen-bond acceptors (Lipinski definition) is 7. The zero-order valence-electron chi connectivity index (χ0n) is 12.0. The van der Waals surface area contributed by atoms with Crippen molar-refractivity contribution < 1.29 is 9.47 Å². The van der Waals surface area contributed by atoms with Crippen LogP contribution in [-0.2, 0) is 0 Å². The van der Waals surface area contributed by atoms with Gasteiger partial charge < -0.3 is 20.1 Å². The molecule has 0 amide bonds. The SMILES string of the molecule is CC(C)CNc1nncc(Nc2ccc3c(c2)OCO3)n1. The van der Waals surface area contributed by atoms with Crippen LogP contribution in [0.2, 0.25) is 0 Å². The van der Waals surface area contributed by atoms with Gasteiger partial charge in [0.1, 0.15) is 0 Å². The molecule has 0 fully saturated rings. The van der Waals surface area contributed by atoms with Crippen LogP contribution >= 0.6 is 0 Å². The molecule has 1 aliphatic rings. The third-order valence-corrected chi connectivity index (χ3v) is 2.87. The van der Waals surface area contributed by atoms with E-state index in [-0.39, 0.29) is 6.79 Å². The molecule has 0 unspecified atom stereocenters. The van der Waals surface area contributed by atoms with E-state index in [1.165, 1.54) is 0 Å². The maximum Gasteiger partial charge on any atom is 0.244 e. The number of aromatic nitrogens is 3. The van der Waals surface area contributed by atoms with Crippen molar-refractivity contribution in [2.24, 2.45) is 5.92 Å². The molecule has 7 nitrogen and oxygen atoms in total. The average molecular weight is 287 g/mol. The van der Waals surface area contributed by atoms with Gasteiger partial charge in [0.25, 0.3) is 0 Å². The minimum atomic E-state index is 0.261. The monoisotopic (exact) mass is 287 g/mol. The smallest absolute Gasteiger partial charge is 0.244 e. The van der Waals surface area contributed by atoms with Crippen molar-refractivity contribution in [2.45, 2.75) is 13.8 Å². The van der Waals surface area contributed by atoms with Gasteiger partial charge in [0, 0.05) is 18.3 Å². The zero-order chi connectivity index (χ0) is 14.7. The molecule has 0 atom stereocenters. The largest absolute Gasteiger partial charge is 0.454 e. The van der Waals surface area contributed by atoms with Crippen LogP contribution < -0.4 is 20.1 Å². The van der Waals surface area contributed by atoms with Crippen molar-refractivity contribution in [1.82, 2.24) is 15.2 Å². The fourth-order valence-corrected chi connectivity index (χ4v) is 1.86. The lowest BCUT2D eigenvalue weighted by molar-refractivity contribution is 0.174. The lowest BCUT2D eigenvalue weighted by Crippen LogP contribution is -2.11. The lowest BCUT2D eigenvalue weighted by Gasteiger charge is -2.09. The Bertz CT molecular complexity index is 633. The summed E-state index contributed by atoms with van der Waals surface area (Å²) < 4.78 is 10.6. The van der Waals surface area contributed by atoms with Gasteiger partial charge in [-0.05, 0) is 18.1 Å². The molecule has 7 heteroatoms. The van der Waals surface area contributed by atoms with Gasteiger partial charge in [-0.3, -0.25) is 0 Å². The second-order valence-corrected chi connectivity index (χ2v) is 5.13. The van der Waals surface area contributed by atoms with Crippen molar-refractivity contribution in [1.29, 1.82) is 0 Å². The van der Waals surface area contributed by atoms with Gasteiger partial charge in [-0.1, -0.05) is 13.8 Å². The molecule has 110 valence electrons. The van der Waals surface area contributed by atoms with E-state index in [0.717, 1.165) is 23.7 Å². The summed E-state index contributed by atoms with van der Waals surface area (Å²) in [6.45, 7) is 5.30. The molecule has 1 aliphatic heterocycles. The van der Waals surface area contributed by atoms with Crippen molar-refractivity contribution >= 4 is 17.5 Å². The second-order valence-electron chi connectivity index (χ2n) is 5.13. The Morgan fingerprint density at radius 3 is 2.95 bits per heavy atom. The van der Waals surface area contributed by atoms with Crippen LogP contribution in [-0.4, -0.2) is 28.5 Å². The van der Waals surface area contributed by atoms with E-state index in [2.05, 4.69) is 39.7 Å². The number of rotatable bonds is 5. The van der Waals surface area contributed by atoms with E-state index < -0.39 is 0 Å². The van der Waals surface area contributed by atoms with Gasteiger partial charge in [0.05, 0.1) is 6.20 Å². The molecule has 2 N–H and O–H groups in total. The lowest BCUT2D eigenvalue weighted by atomic mass is 10.2. The summed E-state index contributed by atoms with van der Waals surface area (Å²) in [5.74, 6) is 3.12. The fraction of sp³-hybridized carbons (Fsp3) is 0.357. The molecule has 0 radical (unpaired) electrons. The minimum absolute atomic E-state index is 0.261. The molecule has 0 aliphatic carbocycles. The van der Waals surface area contributed by atoms with Crippen LogP contribution in [0.15, 0.2) is 24.4 Å². The highest BCUT2D eigenvalue weighted by Crippen LogP contribution is 2.34. The molecule has 21 heavy (non-hydrogen) atoms. The molecular formula is C14H17N5O2. The van der Waals surface area contributed by atoms with E-state index in [9.17, 15) is 0 Å². The number of fused-ring (bicyclic) bond motifs is 1. The van der Waals surface area contributed by atoms with Crippen LogP contribution in [0.5, 0.6) is 11.5 Å². The summed E-state index contributed by atoms with van der Waals surface area (Å²) in [7, 11) is 0. The van der Waals surface area contributed by atoms with E-state index >= 15 is 0 Å². The highest BCUT2D eigenvalue weighted by molar-refractivity contribution is 5.61. The first-order valence-corrected chi connectivity index (χ1v) is 6.81. The molecule has 0 bridgehead atoms. The Balaban J connectivity index is 1.71. The van der Waals surface area contributed by atoms with Crippen molar-refractivity contribution in [2.75, 3.05) is 24.0 Å². The highest BCUT2D eigenvalue weighted by atomic mass is 16.7. The van der Waals surface area contributed by atoms with E-state index in [0.29, 0.717) is 17.7 Å². The first-order valence-electron chi connectivity index (χ1n) is 6.81. The number of ether oxygens (including phenoxy) is 2. The van der Waals surface area contributed by atoms with E-state index in [4.69, 9.17) is 9.47 Å². The summed E-state index contributed by atoms with van der Waals surface area (Å²) in [5, 5.41) is 14.2. The van der Waals surface area contributed by atoms with Gasteiger partial charge in [-0.15, -0.1) is 5.10 Å². The molecule has 0 saturated carbocycles. The molecular weight excluding hydrogens is 270 g/mol. The second kappa shape index (κ2) is 5.82. The number of benzene rings is 1. The quantitative estimate of drug-likeness (QED) is 0.873. The number of anilines is 3. The molecule has 2 heterocycles. The topological polar surface area (TPSA) is 81.2 Å². The Hall–Kier alpha value is -2.57. The van der Waals surface area contributed by atoms with E-state index in [1.807, 2.05) is 18.2 Å². The summed E-state index contributed by atoms with van der Waals surface area (Å²) in [6.07, 6.45) is 1.57. The van der Waals surface area contributed by atoms with Gasteiger partial charge in [-0.25, -0.2) is 0 Å². The van der Waals surface area contributed by atoms with Gasteiger partial charge in [-0.2, -0.15) is 10.1 Å². The van der Waals surface area contributed by atoms with Crippen LogP contribution in [0.4, 0.5) is 17.5 Å². The maximum atomic E-state index is 5.34. The van der Waals surface area contributed by atoms with Gasteiger partial charge in [0.15, 0.2) is 17.3 Å². The molecule has 1 aromatic carbocycles. The molecule has 0 spiro atoms. The third kappa shape index (κ3) is 3.31. The standard InChI is InChI=1S/C14H17N5O2/c1-9(2)6-15-14-18-13(7-16-19-14)17-10-3-4-11-12(5-10)21-8-20-11/h3-5,7,9H,6,8H2,1-2H3,(H2,15,17,18,19). The first kappa shape index (κ1) is 13.4. The average Bonchev–Trinajstić information content (AvgIpc) is 2.93. The maximum absolute atomic E-state index is 5.34. The first-order chi connectivity index (χ1) is 10.2. The third-order valence-electron chi connectivity index (χ3n) is 2.87. The molecule has 3 rings (SSSR count). The summed E-state index contributed by atoms with van der Waals surface area (Å²) in [6, 6.07) is 5.62.